The Balaban J connectivity index is 1.43. The second-order valence-corrected chi connectivity index (χ2v) is 9.00. The van der Waals surface area contributed by atoms with Gasteiger partial charge in [0.25, 0.3) is 0 Å². The summed E-state index contributed by atoms with van der Waals surface area (Å²) in [6.45, 7) is 3.81. The van der Waals surface area contributed by atoms with E-state index in [4.69, 9.17) is 13.9 Å². The predicted octanol–water partition coefficient (Wildman–Crippen LogP) is 5.04. The van der Waals surface area contributed by atoms with Gasteiger partial charge in [0.2, 0.25) is 0 Å². The number of furan rings is 1. The molecule has 0 radical (unpaired) electrons. The number of rotatable bonds is 4. The normalized spacial score (nSPS) is 30.6. The van der Waals surface area contributed by atoms with Crippen LogP contribution in [-0.2, 0) is 9.53 Å². The van der Waals surface area contributed by atoms with Crippen molar-refractivity contribution in [2.75, 3.05) is 6.61 Å². The number of carbonyl (C=O) groups excluding carboxylic acids is 2. The van der Waals surface area contributed by atoms with Gasteiger partial charge in [-0.25, -0.2) is 4.79 Å². The van der Waals surface area contributed by atoms with E-state index in [-0.39, 0.29) is 11.4 Å². The van der Waals surface area contributed by atoms with Crippen molar-refractivity contribution < 1.29 is 23.5 Å². The van der Waals surface area contributed by atoms with Crippen molar-refractivity contribution in [2.45, 2.75) is 52.4 Å². The van der Waals surface area contributed by atoms with E-state index in [2.05, 4.69) is 0 Å². The average Bonchev–Trinajstić information content (AvgIpc) is 2.96. The summed E-state index contributed by atoms with van der Waals surface area (Å²) >= 11 is 0. The maximum absolute atomic E-state index is 13.2. The summed E-state index contributed by atoms with van der Waals surface area (Å²) in [6, 6.07) is 5.24. The molecule has 4 fully saturated rings. The van der Waals surface area contributed by atoms with E-state index < -0.39 is 5.97 Å². The molecule has 2 aromatic rings. The Morgan fingerprint density at radius 3 is 2.36 bits per heavy atom. The van der Waals surface area contributed by atoms with Gasteiger partial charge < -0.3 is 13.9 Å². The van der Waals surface area contributed by atoms with Gasteiger partial charge in [-0.15, -0.1) is 0 Å². The molecule has 0 aliphatic heterocycles. The molecule has 0 unspecified atom stereocenters. The van der Waals surface area contributed by atoms with Gasteiger partial charge >= 0.3 is 11.9 Å². The SMILES string of the molecule is CCOC(=O)c1c(C)oc2ccc(OC(=O)C34CC5CC(CC(C5)C3)C4)cc12. The predicted molar refractivity (Wildman–Crippen MR) is 103 cm³/mol. The summed E-state index contributed by atoms with van der Waals surface area (Å²) in [7, 11) is 0. The van der Waals surface area contributed by atoms with Crippen molar-refractivity contribution in [3.63, 3.8) is 0 Å². The summed E-state index contributed by atoms with van der Waals surface area (Å²) in [4.78, 5) is 25.5. The topological polar surface area (TPSA) is 65.7 Å². The molecule has 5 heteroatoms. The van der Waals surface area contributed by atoms with Crippen molar-refractivity contribution in [3.05, 3.63) is 29.5 Å². The van der Waals surface area contributed by atoms with Gasteiger partial charge in [0.05, 0.1) is 12.0 Å². The fourth-order valence-electron chi connectivity index (χ4n) is 6.30. The van der Waals surface area contributed by atoms with Crippen LogP contribution in [-0.4, -0.2) is 18.5 Å². The maximum Gasteiger partial charge on any atom is 0.342 e. The zero-order chi connectivity index (χ0) is 19.5. The van der Waals surface area contributed by atoms with Gasteiger partial charge in [0.1, 0.15) is 22.7 Å². The first-order valence-electron chi connectivity index (χ1n) is 10.4. The number of esters is 2. The Kier molecular flexibility index (Phi) is 4.04. The Labute approximate surface area is 164 Å². The second kappa shape index (κ2) is 6.36. The van der Waals surface area contributed by atoms with Crippen LogP contribution in [0.4, 0.5) is 0 Å². The second-order valence-electron chi connectivity index (χ2n) is 9.00. The fraction of sp³-hybridized carbons (Fsp3) is 0.565. The third-order valence-electron chi connectivity index (χ3n) is 7.00. The molecule has 4 bridgehead atoms. The summed E-state index contributed by atoms with van der Waals surface area (Å²) in [5.41, 5.74) is 0.694. The third-order valence-corrected chi connectivity index (χ3v) is 7.00. The molecular formula is C23H26O5. The molecule has 0 atom stereocenters. The minimum Gasteiger partial charge on any atom is -0.462 e. The molecule has 4 saturated carbocycles. The van der Waals surface area contributed by atoms with Crippen molar-refractivity contribution in [1.82, 2.24) is 0 Å². The molecule has 1 aromatic carbocycles. The number of ether oxygens (including phenoxy) is 2. The van der Waals surface area contributed by atoms with E-state index in [1.807, 2.05) is 0 Å². The molecule has 1 aromatic heterocycles. The molecule has 0 saturated heterocycles. The van der Waals surface area contributed by atoms with Crippen molar-refractivity contribution in [1.29, 1.82) is 0 Å². The van der Waals surface area contributed by atoms with Crippen LogP contribution in [0.2, 0.25) is 0 Å². The largest absolute Gasteiger partial charge is 0.462 e. The molecule has 6 rings (SSSR count). The van der Waals surface area contributed by atoms with Crippen molar-refractivity contribution >= 4 is 22.9 Å². The quantitative estimate of drug-likeness (QED) is 0.547. The van der Waals surface area contributed by atoms with Crippen LogP contribution in [0.15, 0.2) is 22.6 Å². The van der Waals surface area contributed by atoms with E-state index in [1.165, 1.54) is 19.3 Å². The van der Waals surface area contributed by atoms with Gasteiger partial charge in [-0.3, -0.25) is 4.79 Å². The van der Waals surface area contributed by atoms with Gasteiger partial charge in [0, 0.05) is 5.39 Å². The molecule has 4 aliphatic carbocycles. The Hall–Kier alpha value is -2.30. The highest BCUT2D eigenvalue weighted by Gasteiger charge is 2.55. The van der Waals surface area contributed by atoms with Crippen LogP contribution >= 0.6 is 0 Å². The minimum atomic E-state index is -0.414. The highest BCUT2D eigenvalue weighted by atomic mass is 16.5. The monoisotopic (exact) mass is 382 g/mol. The molecule has 5 nitrogen and oxygen atoms in total. The lowest BCUT2D eigenvalue weighted by molar-refractivity contribution is -0.161. The number of benzene rings is 1. The average molecular weight is 382 g/mol. The Morgan fingerprint density at radius 2 is 1.75 bits per heavy atom. The third kappa shape index (κ3) is 2.75. The fourth-order valence-corrected chi connectivity index (χ4v) is 6.30. The molecule has 1 heterocycles. The van der Waals surface area contributed by atoms with Gasteiger partial charge in [-0.05, 0) is 88.3 Å². The first kappa shape index (κ1) is 17.8. The van der Waals surface area contributed by atoms with Crippen LogP contribution in [0.25, 0.3) is 11.0 Å². The van der Waals surface area contributed by atoms with Crippen LogP contribution in [0.5, 0.6) is 5.75 Å². The first-order valence-corrected chi connectivity index (χ1v) is 10.4. The maximum atomic E-state index is 13.2. The van der Waals surface area contributed by atoms with Crippen molar-refractivity contribution in [2.24, 2.45) is 23.2 Å². The minimum absolute atomic E-state index is 0.0937. The zero-order valence-corrected chi connectivity index (χ0v) is 16.5. The lowest BCUT2D eigenvalue weighted by Gasteiger charge is -2.55. The van der Waals surface area contributed by atoms with E-state index >= 15 is 0 Å². The number of fused-ring (bicyclic) bond motifs is 1. The zero-order valence-electron chi connectivity index (χ0n) is 16.5. The summed E-state index contributed by atoms with van der Waals surface area (Å²) in [5, 5.41) is 0.631. The number of carbonyl (C=O) groups is 2. The Morgan fingerprint density at radius 1 is 1.11 bits per heavy atom. The highest BCUT2D eigenvalue weighted by molar-refractivity contribution is 6.05. The molecule has 148 valence electrons. The summed E-state index contributed by atoms with van der Waals surface area (Å²) < 4.78 is 16.7. The Bertz CT molecular complexity index is 918. The van der Waals surface area contributed by atoms with Gasteiger partial charge in [-0.1, -0.05) is 0 Å². The number of hydrogen-bond donors (Lipinski definition) is 0. The van der Waals surface area contributed by atoms with Crippen molar-refractivity contribution in [3.8, 4) is 5.75 Å². The van der Waals surface area contributed by atoms with E-state index in [1.54, 1.807) is 32.0 Å². The van der Waals surface area contributed by atoms with E-state index in [9.17, 15) is 9.59 Å². The molecule has 0 spiro atoms. The molecular weight excluding hydrogens is 356 g/mol. The summed E-state index contributed by atoms with van der Waals surface area (Å²) in [5.74, 6) is 2.54. The lowest BCUT2D eigenvalue weighted by atomic mass is 9.49. The van der Waals surface area contributed by atoms with Crippen LogP contribution < -0.4 is 4.74 Å². The first-order chi connectivity index (χ1) is 13.5. The van der Waals surface area contributed by atoms with Crippen LogP contribution in [0.3, 0.4) is 0 Å². The number of hydrogen-bond acceptors (Lipinski definition) is 5. The van der Waals surface area contributed by atoms with E-state index in [0.717, 1.165) is 19.3 Å². The molecule has 4 aliphatic rings. The van der Waals surface area contributed by atoms with Gasteiger partial charge in [0.15, 0.2) is 0 Å². The van der Waals surface area contributed by atoms with Crippen LogP contribution in [0, 0.1) is 30.1 Å². The highest BCUT2D eigenvalue weighted by Crippen LogP contribution is 2.60. The molecule has 0 amide bonds. The standard InChI is InChI=1S/C23H26O5/c1-3-26-21(24)20-13(2)27-19-5-4-17(9-18(19)20)28-22(25)23-10-14-6-15(11-23)8-16(7-14)12-23/h4-5,9,14-16H,3,6-8,10-12H2,1-2H3. The van der Waals surface area contributed by atoms with E-state index in [0.29, 0.717) is 52.4 Å². The number of aryl methyl sites for hydroxylation is 1. The molecule has 28 heavy (non-hydrogen) atoms. The smallest absolute Gasteiger partial charge is 0.342 e. The summed E-state index contributed by atoms with van der Waals surface area (Å²) in [6.07, 6.45) is 6.78. The van der Waals surface area contributed by atoms with Crippen LogP contribution in [0.1, 0.15) is 61.6 Å². The lowest BCUT2D eigenvalue weighted by Crippen LogP contribution is -2.51. The molecule has 0 N–H and O–H groups in total. The van der Waals surface area contributed by atoms with Gasteiger partial charge in [-0.2, -0.15) is 0 Å².